The largest absolute Gasteiger partial charge is 0.249 e. The Morgan fingerprint density at radius 3 is 1.84 bits per heavy atom. The first-order valence-corrected chi connectivity index (χ1v) is 14.3. The van der Waals surface area contributed by atoms with E-state index in [1.54, 1.807) is 11.8 Å². The van der Waals surface area contributed by atoms with Crippen molar-refractivity contribution in [3.63, 3.8) is 0 Å². The minimum Gasteiger partial charge on any atom is -0.249 e. The van der Waals surface area contributed by atoms with Crippen LogP contribution >= 0.6 is 11.8 Å². The van der Waals surface area contributed by atoms with Crippen molar-refractivity contribution in [2.24, 2.45) is 5.92 Å². The minimum atomic E-state index is -1.33. The molecule has 3 aromatic rings. The molecule has 0 aliphatic rings. The summed E-state index contributed by atoms with van der Waals surface area (Å²) in [5, 5.41) is -0.00463. The standard InChI is InChI=1S/C26H31NO2S3/c1-18(2)25(27-32(29)22-16-12-20(4)13-17-22)26(30-5)23-8-6-7-9-24(23)31(28)21-14-10-19(3)11-15-21/h6-18,25-27H,1-5H3/t25-,26+,31?,32?/m0/s1. The van der Waals surface area contributed by atoms with E-state index >= 15 is 0 Å². The molecule has 170 valence electrons. The van der Waals surface area contributed by atoms with E-state index in [1.165, 1.54) is 0 Å². The molecular weight excluding hydrogens is 454 g/mol. The van der Waals surface area contributed by atoms with E-state index in [0.29, 0.717) is 0 Å². The molecule has 0 bridgehead atoms. The maximum Gasteiger partial charge on any atom is 0.125 e. The average molecular weight is 486 g/mol. The highest BCUT2D eigenvalue weighted by molar-refractivity contribution is 7.99. The monoisotopic (exact) mass is 485 g/mol. The van der Waals surface area contributed by atoms with Gasteiger partial charge in [-0.15, -0.1) is 0 Å². The van der Waals surface area contributed by atoms with Crippen LogP contribution in [0.1, 0.15) is 35.8 Å². The molecular formula is C26H31NO2S3. The Morgan fingerprint density at radius 2 is 1.31 bits per heavy atom. The summed E-state index contributed by atoms with van der Waals surface area (Å²) in [4.78, 5) is 2.36. The van der Waals surface area contributed by atoms with Gasteiger partial charge >= 0.3 is 0 Å². The highest BCUT2D eigenvalue weighted by Gasteiger charge is 2.30. The Bertz CT molecular complexity index is 1080. The molecule has 32 heavy (non-hydrogen) atoms. The summed E-state index contributed by atoms with van der Waals surface area (Å²) in [6.07, 6.45) is 2.06. The van der Waals surface area contributed by atoms with Gasteiger partial charge in [0, 0.05) is 21.1 Å². The van der Waals surface area contributed by atoms with Crippen molar-refractivity contribution in [3.05, 3.63) is 89.5 Å². The Balaban J connectivity index is 1.94. The molecule has 0 heterocycles. The van der Waals surface area contributed by atoms with Gasteiger partial charge in [-0.2, -0.15) is 11.8 Å². The van der Waals surface area contributed by atoms with Gasteiger partial charge in [-0.3, -0.25) is 0 Å². The Morgan fingerprint density at radius 1 is 0.781 bits per heavy atom. The van der Waals surface area contributed by atoms with Gasteiger partial charge in [-0.05, 0) is 61.9 Å². The fourth-order valence-corrected chi connectivity index (χ4v) is 7.26. The fraction of sp³-hybridized carbons (Fsp3) is 0.308. The molecule has 0 amide bonds. The molecule has 0 aliphatic heterocycles. The number of rotatable bonds is 9. The summed E-state index contributed by atoms with van der Waals surface area (Å²) in [7, 11) is -2.62. The number of benzene rings is 3. The van der Waals surface area contributed by atoms with Crippen molar-refractivity contribution in [2.45, 2.75) is 53.7 Å². The molecule has 3 rings (SSSR count). The van der Waals surface area contributed by atoms with Gasteiger partial charge in [0.25, 0.3) is 0 Å². The van der Waals surface area contributed by atoms with Crippen LogP contribution in [0, 0.1) is 19.8 Å². The van der Waals surface area contributed by atoms with E-state index < -0.39 is 21.8 Å². The van der Waals surface area contributed by atoms with E-state index in [1.807, 2.05) is 80.6 Å². The predicted octanol–water partition coefficient (Wildman–Crippen LogP) is 6.21. The summed E-state index contributed by atoms with van der Waals surface area (Å²) in [6.45, 7) is 8.31. The Kier molecular flexibility index (Phi) is 8.88. The zero-order chi connectivity index (χ0) is 23.3. The van der Waals surface area contributed by atoms with E-state index in [0.717, 1.165) is 31.4 Å². The van der Waals surface area contributed by atoms with Gasteiger partial charge in [0.05, 0.1) is 15.7 Å². The number of hydrogen-bond acceptors (Lipinski definition) is 3. The Labute approximate surface area is 201 Å². The maximum absolute atomic E-state index is 13.5. The first-order valence-electron chi connectivity index (χ1n) is 10.7. The van der Waals surface area contributed by atoms with Crippen molar-refractivity contribution in [3.8, 4) is 0 Å². The fourth-order valence-electron chi connectivity index (χ4n) is 3.54. The molecule has 0 radical (unpaired) electrons. The zero-order valence-corrected chi connectivity index (χ0v) is 21.7. The summed E-state index contributed by atoms with van der Waals surface area (Å²) in [5.74, 6) is 0.225. The van der Waals surface area contributed by atoms with Crippen molar-refractivity contribution in [2.75, 3.05) is 6.26 Å². The van der Waals surface area contributed by atoms with Crippen LogP contribution in [-0.2, 0) is 21.8 Å². The summed E-state index contributed by atoms with van der Waals surface area (Å²) in [5.41, 5.74) is 3.30. The van der Waals surface area contributed by atoms with Crippen LogP contribution in [0.5, 0.6) is 0 Å². The first-order chi connectivity index (χ1) is 15.3. The van der Waals surface area contributed by atoms with Crippen LogP contribution in [0.15, 0.2) is 87.5 Å². The SMILES string of the molecule is CS[C@H](c1ccccc1S(=O)c1ccc(C)cc1)[C@@H](NS(=O)c1ccc(C)cc1)C(C)C. The van der Waals surface area contributed by atoms with E-state index in [9.17, 15) is 8.42 Å². The molecule has 0 fully saturated rings. The molecule has 3 aromatic carbocycles. The molecule has 3 nitrogen and oxygen atoms in total. The van der Waals surface area contributed by atoms with E-state index in [4.69, 9.17) is 0 Å². The number of nitrogens with one attached hydrogen (secondary N) is 1. The van der Waals surface area contributed by atoms with Gasteiger partial charge in [-0.25, -0.2) is 13.1 Å². The molecule has 0 spiro atoms. The summed E-state index contributed by atoms with van der Waals surface area (Å²) < 4.78 is 30.0. The lowest BCUT2D eigenvalue weighted by atomic mass is 9.96. The van der Waals surface area contributed by atoms with Gasteiger partial charge in [-0.1, -0.05) is 67.4 Å². The van der Waals surface area contributed by atoms with Crippen molar-refractivity contribution < 1.29 is 8.42 Å². The third-order valence-electron chi connectivity index (χ3n) is 5.44. The third kappa shape index (κ3) is 5.98. The molecule has 0 aliphatic carbocycles. The van der Waals surface area contributed by atoms with Crippen LogP contribution in [0.2, 0.25) is 0 Å². The second-order valence-electron chi connectivity index (χ2n) is 8.25. The molecule has 0 saturated carbocycles. The van der Waals surface area contributed by atoms with Gasteiger partial charge in [0.2, 0.25) is 0 Å². The van der Waals surface area contributed by atoms with Crippen molar-refractivity contribution >= 4 is 33.5 Å². The lowest BCUT2D eigenvalue weighted by Crippen LogP contribution is -2.39. The lowest BCUT2D eigenvalue weighted by molar-refractivity contribution is 0.449. The minimum absolute atomic E-state index is 0.00463. The Hall–Kier alpha value is -1.73. The molecule has 0 aromatic heterocycles. The summed E-state index contributed by atoms with van der Waals surface area (Å²) in [6, 6.07) is 23.5. The molecule has 4 atom stereocenters. The van der Waals surface area contributed by atoms with Crippen LogP contribution in [0.3, 0.4) is 0 Å². The van der Waals surface area contributed by atoms with E-state index in [2.05, 4.69) is 30.9 Å². The molecule has 2 unspecified atom stereocenters. The predicted molar refractivity (Wildman–Crippen MR) is 138 cm³/mol. The van der Waals surface area contributed by atoms with Crippen molar-refractivity contribution in [1.82, 2.24) is 4.72 Å². The number of thioether (sulfide) groups is 1. The summed E-state index contributed by atoms with van der Waals surface area (Å²) >= 11 is 1.70. The second kappa shape index (κ2) is 11.4. The van der Waals surface area contributed by atoms with E-state index in [-0.39, 0.29) is 17.2 Å². The van der Waals surface area contributed by atoms with Gasteiger partial charge in [0.15, 0.2) is 0 Å². The maximum atomic E-state index is 13.5. The van der Waals surface area contributed by atoms with Crippen LogP contribution in [0.4, 0.5) is 0 Å². The highest BCUT2D eigenvalue weighted by Crippen LogP contribution is 2.38. The number of hydrogen-bond donors (Lipinski definition) is 1. The topological polar surface area (TPSA) is 46.2 Å². The average Bonchev–Trinajstić information content (AvgIpc) is 2.79. The quantitative estimate of drug-likeness (QED) is 0.392. The molecule has 0 saturated heterocycles. The third-order valence-corrected chi connectivity index (χ3v) is 9.15. The molecule has 6 heteroatoms. The van der Waals surface area contributed by atoms with Gasteiger partial charge < -0.3 is 0 Å². The second-order valence-corrected chi connectivity index (χ2v) is 11.9. The van der Waals surface area contributed by atoms with Crippen LogP contribution in [-0.4, -0.2) is 20.7 Å². The van der Waals surface area contributed by atoms with Crippen molar-refractivity contribution in [1.29, 1.82) is 0 Å². The first kappa shape index (κ1) is 24.9. The highest BCUT2D eigenvalue weighted by atomic mass is 32.2. The normalized spacial score (nSPS) is 15.3. The van der Waals surface area contributed by atoms with Crippen LogP contribution < -0.4 is 4.72 Å². The molecule has 1 N–H and O–H groups in total. The smallest absolute Gasteiger partial charge is 0.125 e. The van der Waals surface area contributed by atoms with Crippen LogP contribution in [0.25, 0.3) is 0 Å². The number of aryl methyl sites for hydroxylation is 2. The zero-order valence-electron chi connectivity index (χ0n) is 19.2. The lowest BCUT2D eigenvalue weighted by Gasteiger charge is -2.31. The van der Waals surface area contributed by atoms with Gasteiger partial charge in [0.1, 0.15) is 11.0 Å².